The molecule has 0 spiro atoms. The molecule has 2 rings (SSSR count). The fourth-order valence-corrected chi connectivity index (χ4v) is 1.76. The predicted molar refractivity (Wildman–Crippen MR) is 73.1 cm³/mol. The van der Waals surface area contributed by atoms with Gasteiger partial charge in [-0.1, -0.05) is 12.1 Å². The average molecular weight is 261 g/mol. The summed E-state index contributed by atoms with van der Waals surface area (Å²) >= 11 is 0. The summed E-state index contributed by atoms with van der Waals surface area (Å²) in [5, 5.41) is 3.29. The van der Waals surface area contributed by atoms with Crippen molar-refractivity contribution in [3.05, 3.63) is 54.0 Å². The van der Waals surface area contributed by atoms with Crippen LogP contribution in [0, 0.1) is 0 Å². The Morgan fingerprint density at radius 2 is 2.16 bits per heavy atom. The number of rotatable bonds is 8. The van der Waals surface area contributed by atoms with Gasteiger partial charge in [0.05, 0.1) is 19.1 Å². The van der Waals surface area contributed by atoms with Gasteiger partial charge < -0.3 is 19.2 Å². The molecule has 19 heavy (non-hydrogen) atoms. The van der Waals surface area contributed by atoms with E-state index in [1.165, 1.54) is 0 Å². The third-order valence-electron chi connectivity index (χ3n) is 2.67. The molecular formula is C15H19NO3. The van der Waals surface area contributed by atoms with Crippen LogP contribution in [0.5, 0.6) is 5.75 Å². The van der Waals surface area contributed by atoms with Gasteiger partial charge in [-0.25, -0.2) is 0 Å². The molecular weight excluding hydrogens is 242 g/mol. The molecule has 0 amide bonds. The zero-order chi connectivity index (χ0) is 13.3. The topological polar surface area (TPSA) is 43.6 Å². The van der Waals surface area contributed by atoms with Gasteiger partial charge in [0.15, 0.2) is 0 Å². The summed E-state index contributed by atoms with van der Waals surface area (Å²) in [6.45, 7) is 2.83. The maximum Gasteiger partial charge on any atom is 0.119 e. The molecule has 4 heteroatoms. The third kappa shape index (κ3) is 4.77. The number of furan rings is 1. The van der Waals surface area contributed by atoms with Gasteiger partial charge in [0.2, 0.25) is 0 Å². The van der Waals surface area contributed by atoms with E-state index < -0.39 is 0 Å². The van der Waals surface area contributed by atoms with Crippen LogP contribution in [0.3, 0.4) is 0 Å². The summed E-state index contributed by atoms with van der Waals surface area (Å²) in [6.07, 6.45) is 3.41. The van der Waals surface area contributed by atoms with E-state index in [4.69, 9.17) is 13.9 Å². The van der Waals surface area contributed by atoms with Gasteiger partial charge in [-0.05, 0) is 23.8 Å². The van der Waals surface area contributed by atoms with Crippen molar-refractivity contribution in [3.8, 4) is 5.75 Å². The van der Waals surface area contributed by atoms with E-state index in [-0.39, 0.29) is 0 Å². The molecule has 0 aliphatic heterocycles. The van der Waals surface area contributed by atoms with Gasteiger partial charge in [-0.3, -0.25) is 0 Å². The van der Waals surface area contributed by atoms with Crippen molar-refractivity contribution in [1.82, 2.24) is 5.32 Å². The van der Waals surface area contributed by atoms with E-state index in [1.54, 1.807) is 19.6 Å². The first-order chi connectivity index (χ1) is 9.38. The molecule has 1 N–H and O–H groups in total. The molecule has 0 atom stereocenters. The second-order valence-corrected chi connectivity index (χ2v) is 4.24. The normalized spacial score (nSPS) is 10.6. The highest BCUT2D eigenvalue weighted by atomic mass is 16.5. The molecule has 0 bridgehead atoms. The quantitative estimate of drug-likeness (QED) is 0.742. The maximum absolute atomic E-state index is 5.67. The molecule has 102 valence electrons. The zero-order valence-corrected chi connectivity index (χ0v) is 11.1. The van der Waals surface area contributed by atoms with Crippen LogP contribution < -0.4 is 10.1 Å². The summed E-state index contributed by atoms with van der Waals surface area (Å²) in [6, 6.07) is 9.90. The Hall–Kier alpha value is -1.78. The lowest BCUT2D eigenvalue weighted by Gasteiger charge is -2.08. The third-order valence-corrected chi connectivity index (χ3v) is 2.67. The Labute approximate surface area is 113 Å². The molecule has 2 aromatic rings. The highest BCUT2D eigenvalue weighted by Crippen LogP contribution is 2.13. The zero-order valence-electron chi connectivity index (χ0n) is 11.1. The molecule has 0 aliphatic rings. The lowest BCUT2D eigenvalue weighted by Crippen LogP contribution is -2.20. The number of benzene rings is 1. The standard InChI is InChI=1S/C15H19NO3/c1-17-11-13-3-2-4-15(9-13)19-8-6-16-10-14-5-7-18-12-14/h2-5,7,9,12,16H,6,8,10-11H2,1H3. The lowest BCUT2D eigenvalue weighted by atomic mass is 10.2. The fourth-order valence-electron chi connectivity index (χ4n) is 1.76. The van der Waals surface area contributed by atoms with E-state index in [0.717, 1.165) is 30.0 Å². The Kier molecular flexibility index (Phi) is 5.47. The largest absolute Gasteiger partial charge is 0.492 e. The molecule has 0 aliphatic carbocycles. The molecule has 0 saturated carbocycles. The minimum absolute atomic E-state index is 0.607. The first kappa shape index (κ1) is 13.6. The Morgan fingerprint density at radius 1 is 1.21 bits per heavy atom. The summed E-state index contributed by atoms with van der Waals surface area (Å²) in [5.74, 6) is 0.875. The summed E-state index contributed by atoms with van der Waals surface area (Å²) in [4.78, 5) is 0. The van der Waals surface area contributed by atoms with Gasteiger partial charge in [0.1, 0.15) is 12.4 Å². The molecule has 1 aromatic carbocycles. The van der Waals surface area contributed by atoms with Crippen molar-refractivity contribution in [1.29, 1.82) is 0 Å². The molecule has 0 fully saturated rings. The molecule has 0 unspecified atom stereocenters. The molecule has 4 nitrogen and oxygen atoms in total. The molecule has 1 heterocycles. The van der Waals surface area contributed by atoms with Gasteiger partial charge >= 0.3 is 0 Å². The van der Waals surface area contributed by atoms with Crippen LogP contribution in [0.4, 0.5) is 0 Å². The van der Waals surface area contributed by atoms with Crippen molar-refractivity contribution in [2.45, 2.75) is 13.2 Å². The van der Waals surface area contributed by atoms with E-state index in [2.05, 4.69) is 5.32 Å². The first-order valence-corrected chi connectivity index (χ1v) is 6.31. The van der Waals surface area contributed by atoms with Gasteiger partial charge in [0.25, 0.3) is 0 Å². The number of methoxy groups -OCH3 is 1. The van der Waals surface area contributed by atoms with Crippen LogP contribution in [-0.4, -0.2) is 20.3 Å². The minimum Gasteiger partial charge on any atom is -0.492 e. The highest BCUT2D eigenvalue weighted by Gasteiger charge is 1.97. The van der Waals surface area contributed by atoms with Gasteiger partial charge in [-0.2, -0.15) is 0 Å². The van der Waals surface area contributed by atoms with Crippen molar-refractivity contribution >= 4 is 0 Å². The average Bonchev–Trinajstić information content (AvgIpc) is 2.92. The van der Waals surface area contributed by atoms with Crippen molar-refractivity contribution in [3.63, 3.8) is 0 Å². The smallest absolute Gasteiger partial charge is 0.119 e. The fraction of sp³-hybridized carbons (Fsp3) is 0.333. The maximum atomic E-state index is 5.67. The van der Waals surface area contributed by atoms with E-state index >= 15 is 0 Å². The van der Waals surface area contributed by atoms with Crippen molar-refractivity contribution in [2.24, 2.45) is 0 Å². The predicted octanol–water partition coefficient (Wildman–Crippen LogP) is 2.59. The Balaban J connectivity index is 1.66. The van der Waals surface area contributed by atoms with Crippen LogP contribution >= 0.6 is 0 Å². The Bertz CT molecular complexity index is 468. The minimum atomic E-state index is 0.607. The number of hydrogen-bond acceptors (Lipinski definition) is 4. The lowest BCUT2D eigenvalue weighted by molar-refractivity contribution is 0.184. The van der Waals surface area contributed by atoms with E-state index in [0.29, 0.717) is 13.2 Å². The summed E-state index contributed by atoms with van der Waals surface area (Å²) in [7, 11) is 1.69. The monoisotopic (exact) mass is 261 g/mol. The molecule has 0 saturated heterocycles. The second kappa shape index (κ2) is 7.61. The van der Waals surface area contributed by atoms with Crippen molar-refractivity contribution < 1.29 is 13.9 Å². The summed E-state index contributed by atoms with van der Waals surface area (Å²) in [5.41, 5.74) is 2.26. The molecule has 0 radical (unpaired) electrons. The number of nitrogens with one attached hydrogen (secondary N) is 1. The van der Waals surface area contributed by atoms with Crippen molar-refractivity contribution in [2.75, 3.05) is 20.3 Å². The SMILES string of the molecule is COCc1cccc(OCCNCc2ccoc2)c1. The van der Waals surface area contributed by atoms with Gasteiger partial charge in [0, 0.05) is 25.8 Å². The van der Waals surface area contributed by atoms with Gasteiger partial charge in [-0.15, -0.1) is 0 Å². The van der Waals surface area contributed by atoms with E-state index in [1.807, 2.05) is 30.3 Å². The van der Waals surface area contributed by atoms with Crippen LogP contribution in [0.1, 0.15) is 11.1 Å². The second-order valence-electron chi connectivity index (χ2n) is 4.24. The highest BCUT2D eigenvalue weighted by molar-refractivity contribution is 5.28. The van der Waals surface area contributed by atoms with Crippen LogP contribution in [0.2, 0.25) is 0 Å². The molecule has 1 aromatic heterocycles. The van der Waals surface area contributed by atoms with E-state index in [9.17, 15) is 0 Å². The number of ether oxygens (including phenoxy) is 2. The van der Waals surface area contributed by atoms with Crippen LogP contribution in [0.25, 0.3) is 0 Å². The first-order valence-electron chi connectivity index (χ1n) is 6.31. The Morgan fingerprint density at radius 3 is 2.95 bits per heavy atom. The number of hydrogen-bond donors (Lipinski definition) is 1. The summed E-state index contributed by atoms with van der Waals surface area (Å²) < 4.78 is 15.8. The van der Waals surface area contributed by atoms with Crippen LogP contribution in [0.15, 0.2) is 47.3 Å². The van der Waals surface area contributed by atoms with Crippen LogP contribution in [-0.2, 0) is 17.9 Å².